The van der Waals surface area contributed by atoms with Gasteiger partial charge in [0.25, 0.3) is 5.91 Å². The molecule has 10 heteroatoms. The predicted octanol–water partition coefficient (Wildman–Crippen LogP) is 1.41. The molecule has 1 aliphatic rings. The maximum Gasteiger partial charge on any atom is 0.280 e. The summed E-state index contributed by atoms with van der Waals surface area (Å²) in [5, 5.41) is 6.80. The van der Waals surface area contributed by atoms with Crippen LogP contribution in [0.15, 0.2) is 5.11 Å². The predicted molar refractivity (Wildman–Crippen MR) is 95.3 cm³/mol. The summed E-state index contributed by atoms with van der Waals surface area (Å²) in [5.74, 6) is -0.314. The molecule has 0 spiro atoms. The number of fused-ring (bicyclic) bond motifs is 1. The first kappa shape index (κ1) is 19.2. The van der Waals surface area contributed by atoms with Crippen LogP contribution in [-0.4, -0.2) is 66.9 Å². The first-order valence-corrected chi connectivity index (χ1v) is 8.91. The van der Waals surface area contributed by atoms with E-state index in [1.165, 1.54) is 16.2 Å². The molecule has 9 nitrogen and oxygen atoms in total. The molecule has 2 amide bonds. The molecule has 136 valence electrons. The first-order chi connectivity index (χ1) is 11.9. The number of amides is 2. The average Bonchev–Trinajstić information content (AvgIpc) is 2.99. The lowest BCUT2D eigenvalue weighted by molar-refractivity contribution is -0.128. The van der Waals surface area contributed by atoms with Gasteiger partial charge >= 0.3 is 0 Å². The smallest absolute Gasteiger partial charge is 0.280 e. The third-order valence-corrected chi connectivity index (χ3v) is 5.10. The summed E-state index contributed by atoms with van der Waals surface area (Å²) >= 11 is 1.40. The van der Waals surface area contributed by atoms with E-state index in [1.54, 1.807) is 14.1 Å². The van der Waals surface area contributed by atoms with E-state index in [2.05, 4.69) is 25.2 Å². The van der Waals surface area contributed by atoms with E-state index in [9.17, 15) is 9.59 Å². The third-order valence-electron chi connectivity index (χ3n) is 4.02. The highest BCUT2D eigenvalue weighted by Crippen LogP contribution is 2.24. The average molecular weight is 365 g/mol. The fraction of sp³-hybridized carbons (Fsp3) is 0.667. The van der Waals surface area contributed by atoms with Crippen molar-refractivity contribution in [2.45, 2.75) is 31.8 Å². The van der Waals surface area contributed by atoms with Crippen LogP contribution in [-0.2, 0) is 17.8 Å². The fourth-order valence-corrected chi connectivity index (χ4v) is 3.62. The van der Waals surface area contributed by atoms with Gasteiger partial charge in [0.2, 0.25) is 5.91 Å². The van der Waals surface area contributed by atoms with E-state index < -0.39 is 6.04 Å². The minimum absolute atomic E-state index is 0.0343. The molecule has 0 fully saturated rings. The van der Waals surface area contributed by atoms with E-state index >= 15 is 0 Å². The zero-order valence-electron chi connectivity index (χ0n) is 14.7. The maximum absolute atomic E-state index is 12.5. The molecule has 1 aromatic rings. The number of nitrogens with one attached hydrogen (secondary N) is 1. The second kappa shape index (κ2) is 8.80. The summed E-state index contributed by atoms with van der Waals surface area (Å²) in [7, 11) is 5.40. The molecule has 1 atom stereocenters. The Morgan fingerprint density at radius 2 is 2.28 bits per heavy atom. The van der Waals surface area contributed by atoms with Gasteiger partial charge in [-0.05, 0) is 19.0 Å². The Morgan fingerprint density at radius 1 is 1.52 bits per heavy atom. The summed E-state index contributed by atoms with van der Waals surface area (Å²) < 4.78 is 0. The van der Waals surface area contributed by atoms with E-state index in [1.807, 2.05) is 7.05 Å². The van der Waals surface area contributed by atoms with Crippen molar-refractivity contribution < 1.29 is 9.59 Å². The lowest BCUT2D eigenvalue weighted by Crippen LogP contribution is -2.38. The number of likely N-dealkylation sites (N-methyl/N-ethyl adjacent to an activating group) is 1. The molecule has 1 N–H and O–H groups in total. The van der Waals surface area contributed by atoms with E-state index in [-0.39, 0.29) is 24.8 Å². The van der Waals surface area contributed by atoms with Crippen LogP contribution >= 0.6 is 11.3 Å². The highest BCUT2D eigenvalue weighted by molar-refractivity contribution is 7.13. The van der Waals surface area contributed by atoms with Gasteiger partial charge in [0.05, 0.1) is 5.69 Å². The number of carbonyl (C=O) groups is 2. The summed E-state index contributed by atoms with van der Waals surface area (Å²) in [5.41, 5.74) is 9.51. The lowest BCUT2D eigenvalue weighted by atomic mass is 10.1. The number of thiazole rings is 1. The second-order valence-electron chi connectivity index (χ2n) is 6.29. The molecule has 0 unspecified atom stereocenters. The normalized spacial score (nSPS) is 15.0. The van der Waals surface area contributed by atoms with Crippen molar-refractivity contribution in [1.29, 1.82) is 0 Å². The molecule has 1 aliphatic heterocycles. The van der Waals surface area contributed by atoms with Crippen LogP contribution in [0, 0.1) is 0 Å². The van der Waals surface area contributed by atoms with Gasteiger partial charge in [-0.15, -0.1) is 11.3 Å². The number of hydrogen-bond donors (Lipinski definition) is 1. The van der Waals surface area contributed by atoms with E-state index in [0.717, 1.165) is 30.1 Å². The Morgan fingerprint density at radius 3 is 2.96 bits per heavy atom. The molecule has 0 aliphatic carbocycles. The van der Waals surface area contributed by atoms with Crippen LogP contribution in [0.5, 0.6) is 0 Å². The van der Waals surface area contributed by atoms with Gasteiger partial charge in [0, 0.05) is 62.4 Å². The summed E-state index contributed by atoms with van der Waals surface area (Å²) in [6, 6.07) is -0.393. The standard InChI is InChI=1S/C15H23N7O2S/c1-21(2)13(23)5-4-10(8-17-20-16)18-14(24)15-19-11-6-7-22(3)9-12(11)25-15/h10H,4-9H2,1-3H3,(H,18,24)/t10-/m1/s1. The summed E-state index contributed by atoms with van der Waals surface area (Å²) in [4.78, 5) is 36.2. The highest BCUT2D eigenvalue weighted by Gasteiger charge is 2.23. The monoisotopic (exact) mass is 365 g/mol. The molecule has 0 saturated heterocycles. The number of hydrogen-bond acceptors (Lipinski definition) is 6. The number of rotatable bonds is 7. The van der Waals surface area contributed by atoms with Gasteiger partial charge in [-0.25, -0.2) is 4.98 Å². The zero-order valence-corrected chi connectivity index (χ0v) is 15.5. The number of azide groups is 1. The zero-order chi connectivity index (χ0) is 18.4. The van der Waals surface area contributed by atoms with Crippen LogP contribution < -0.4 is 5.32 Å². The highest BCUT2D eigenvalue weighted by atomic mass is 32.1. The van der Waals surface area contributed by atoms with Crippen LogP contribution in [0.4, 0.5) is 0 Å². The van der Waals surface area contributed by atoms with Crippen LogP contribution in [0.1, 0.15) is 33.2 Å². The molecular formula is C15H23N7O2S. The van der Waals surface area contributed by atoms with Crippen molar-refractivity contribution in [3.05, 3.63) is 26.0 Å². The molecular weight excluding hydrogens is 342 g/mol. The van der Waals surface area contributed by atoms with Crippen LogP contribution in [0.2, 0.25) is 0 Å². The molecule has 0 radical (unpaired) electrons. The molecule has 0 aromatic carbocycles. The van der Waals surface area contributed by atoms with Crippen molar-refractivity contribution in [3.63, 3.8) is 0 Å². The largest absolute Gasteiger partial charge is 0.349 e. The SMILES string of the molecule is CN1CCc2nc(C(=O)N[C@H](CCC(=O)N(C)C)CN=[N+]=[N-])sc2C1. The first-order valence-electron chi connectivity index (χ1n) is 8.09. The fourth-order valence-electron chi connectivity index (χ4n) is 2.53. The molecule has 25 heavy (non-hydrogen) atoms. The van der Waals surface area contributed by atoms with Gasteiger partial charge < -0.3 is 15.1 Å². The van der Waals surface area contributed by atoms with Crippen LogP contribution in [0.3, 0.4) is 0 Å². The van der Waals surface area contributed by atoms with Crippen molar-refractivity contribution in [2.75, 3.05) is 34.2 Å². The number of carbonyl (C=O) groups excluding carboxylic acids is 2. The maximum atomic E-state index is 12.5. The van der Waals surface area contributed by atoms with Crippen LogP contribution in [0.25, 0.3) is 10.4 Å². The second-order valence-corrected chi connectivity index (χ2v) is 7.37. The molecule has 0 saturated carbocycles. The molecule has 0 bridgehead atoms. The van der Waals surface area contributed by atoms with Crippen molar-refractivity contribution in [1.82, 2.24) is 20.1 Å². The lowest BCUT2D eigenvalue weighted by Gasteiger charge is -2.20. The number of nitrogens with zero attached hydrogens (tertiary/aromatic N) is 6. The molecule has 2 rings (SSSR count). The topological polar surface area (TPSA) is 114 Å². The minimum atomic E-state index is -0.393. The van der Waals surface area contributed by atoms with Crippen molar-refractivity contribution in [3.8, 4) is 0 Å². The van der Waals surface area contributed by atoms with Gasteiger partial charge in [-0.1, -0.05) is 5.11 Å². The van der Waals surface area contributed by atoms with Gasteiger partial charge in [-0.2, -0.15) is 0 Å². The molecule has 2 heterocycles. The van der Waals surface area contributed by atoms with Gasteiger partial charge in [0.1, 0.15) is 0 Å². The van der Waals surface area contributed by atoms with E-state index in [0.29, 0.717) is 11.4 Å². The van der Waals surface area contributed by atoms with E-state index in [4.69, 9.17) is 5.53 Å². The van der Waals surface area contributed by atoms with Crippen molar-refractivity contribution >= 4 is 23.2 Å². The van der Waals surface area contributed by atoms with Gasteiger partial charge in [-0.3, -0.25) is 9.59 Å². The molecule has 1 aromatic heterocycles. The Labute approximate surface area is 150 Å². The Hall–Kier alpha value is -2.16. The Kier molecular flexibility index (Phi) is 6.74. The van der Waals surface area contributed by atoms with Gasteiger partial charge in [0.15, 0.2) is 5.01 Å². The Balaban J connectivity index is 2.00. The third kappa shape index (κ3) is 5.42. The quantitative estimate of drug-likeness (QED) is 0.447. The summed E-state index contributed by atoms with van der Waals surface area (Å²) in [6.07, 6.45) is 1.53. The number of aromatic nitrogens is 1. The summed E-state index contributed by atoms with van der Waals surface area (Å²) in [6.45, 7) is 1.85. The van der Waals surface area contributed by atoms with Crippen molar-refractivity contribution in [2.24, 2.45) is 5.11 Å². The minimum Gasteiger partial charge on any atom is -0.349 e. The Bertz CT molecular complexity index is 681.